The molecule has 1 amide bonds. The second-order valence-corrected chi connectivity index (χ2v) is 9.38. The summed E-state index contributed by atoms with van der Waals surface area (Å²) in [4.78, 5) is 14.9. The maximum absolute atomic E-state index is 12.3. The number of benzene rings is 2. The number of halogens is 1. The molecule has 2 aliphatic heterocycles. The lowest BCUT2D eigenvalue weighted by molar-refractivity contribution is 0.215. The maximum Gasteiger partial charge on any atom is 0.417 e. The van der Waals surface area contributed by atoms with Gasteiger partial charge in [-0.25, -0.2) is 4.79 Å². The Kier molecular flexibility index (Phi) is 5.16. The van der Waals surface area contributed by atoms with Crippen LogP contribution >= 0.6 is 27.3 Å². The molecule has 1 atom stereocenters. The van der Waals surface area contributed by atoms with E-state index in [-0.39, 0.29) is 0 Å². The molecule has 5 rings (SSSR count). The number of ether oxygens (including phenoxy) is 1. The molecule has 4 nitrogen and oxygen atoms in total. The molecule has 148 valence electrons. The topological polar surface area (TPSA) is 41.6 Å². The Morgan fingerprint density at radius 2 is 2.17 bits per heavy atom. The summed E-state index contributed by atoms with van der Waals surface area (Å²) in [6.07, 6.45) is 5.62. The Bertz CT molecular complexity index is 1110. The SMILES string of the molecule is O=C(Nc1ccc2scc(C3=CCN4CCCC4C3)c2c1)Oc1cccc(Br)c1. The molecule has 0 aliphatic carbocycles. The van der Waals surface area contributed by atoms with Gasteiger partial charge in [-0.1, -0.05) is 28.1 Å². The van der Waals surface area contributed by atoms with Crippen molar-refractivity contribution in [1.82, 2.24) is 4.90 Å². The van der Waals surface area contributed by atoms with E-state index in [1.165, 1.54) is 40.6 Å². The van der Waals surface area contributed by atoms with Crippen molar-refractivity contribution in [3.8, 4) is 5.75 Å². The Morgan fingerprint density at radius 3 is 3.07 bits per heavy atom. The van der Waals surface area contributed by atoms with Crippen molar-refractivity contribution in [3.05, 3.63) is 64.0 Å². The molecule has 2 aliphatic rings. The number of amides is 1. The van der Waals surface area contributed by atoms with Gasteiger partial charge in [0.05, 0.1) is 0 Å². The molecule has 2 aromatic carbocycles. The number of rotatable bonds is 3. The lowest BCUT2D eigenvalue weighted by Gasteiger charge is -2.29. The minimum absolute atomic E-state index is 0.488. The normalized spacial score (nSPS) is 19.1. The molecule has 0 saturated carbocycles. The predicted molar refractivity (Wildman–Crippen MR) is 123 cm³/mol. The highest BCUT2D eigenvalue weighted by atomic mass is 79.9. The zero-order valence-electron chi connectivity index (χ0n) is 15.9. The number of fused-ring (bicyclic) bond motifs is 2. The Balaban J connectivity index is 1.36. The molecule has 0 spiro atoms. The van der Waals surface area contributed by atoms with Crippen LogP contribution in [0.15, 0.2) is 58.4 Å². The molecular formula is C23H21BrN2O2S. The van der Waals surface area contributed by atoms with Crippen LogP contribution in [0.2, 0.25) is 0 Å². The van der Waals surface area contributed by atoms with Crippen molar-refractivity contribution in [2.45, 2.75) is 25.3 Å². The van der Waals surface area contributed by atoms with E-state index in [1.807, 2.05) is 18.2 Å². The zero-order valence-corrected chi connectivity index (χ0v) is 18.3. The number of nitrogens with zero attached hydrogens (tertiary/aromatic N) is 1. The van der Waals surface area contributed by atoms with Gasteiger partial charge in [-0.2, -0.15) is 0 Å². The van der Waals surface area contributed by atoms with E-state index < -0.39 is 6.09 Å². The third-order valence-corrected chi connectivity index (χ3v) is 7.16. The van der Waals surface area contributed by atoms with Crippen LogP contribution in [0.1, 0.15) is 24.8 Å². The molecule has 1 aromatic heterocycles. The van der Waals surface area contributed by atoms with Crippen LogP contribution in [0.3, 0.4) is 0 Å². The van der Waals surface area contributed by atoms with E-state index in [4.69, 9.17) is 4.74 Å². The monoisotopic (exact) mass is 468 g/mol. The summed E-state index contributed by atoms with van der Waals surface area (Å²) in [5.74, 6) is 0.502. The fourth-order valence-corrected chi connectivity index (χ4v) is 5.63. The van der Waals surface area contributed by atoms with E-state index in [0.29, 0.717) is 11.8 Å². The fourth-order valence-electron chi connectivity index (χ4n) is 4.29. The summed E-state index contributed by atoms with van der Waals surface area (Å²) in [6.45, 7) is 2.28. The standard InChI is InChI=1S/C23H21BrN2O2S/c24-16-3-1-5-19(12-16)28-23(27)25-17-6-7-22-20(13-17)21(14-29-22)15-8-10-26-9-2-4-18(26)11-15/h1,3,5-8,12-14,18H,2,4,9-11H2,(H,25,27). The summed E-state index contributed by atoms with van der Waals surface area (Å²) in [5.41, 5.74) is 3.49. The highest BCUT2D eigenvalue weighted by Crippen LogP contribution is 2.38. The Morgan fingerprint density at radius 1 is 1.24 bits per heavy atom. The lowest BCUT2D eigenvalue weighted by atomic mass is 9.94. The van der Waals surface area contributed by atoms with Gasteiger partial charge < -0.3 is 4.74 Å². The molecule has 1 N–H and O–H groups in total. The molecule has 3 aromatic rings. The van der Waals surface area contributed by atoms with Gasteiger partial charge in [0.1, 0.15) is 5.75 Å². The first kappa shape index (κ1) is 18.9. The maximum atomic E-state index is 12.3. The number of carbonyl (C=O) groups is 1. The van der Waals surface area contributed by atoms with Gasteiger partial charge in [0.15, 0.2) is 0 Å². The highest BCUT2D eigenvalue weighted by molar-refractivity contribution is 9.10. The predicted octanol–water partition coefficient (Wildman–Crippen LogP) is 6.53. The van der Waals surface area contributed by atoms with Crippen LogP contribution in [0.25, 0.3) is 15.7 Å². The van der Waals surface area contributed by atoms with Crippen molar-refractivity contribution < 1.29 is 9.53 Å². The Hall–Kier alpha value is -2.15. The summed E-state index contributed by atoms with van der Waals surface area (Å²) in [6, 6.07) is 14.0. The number of nitrogens with one attached hydrogen (secondary N) is 1. The van der Waals surface area contributed by atoms with E-state index in [2.05, 4.69) is 49.7 Å². The van der Waals surface area contributed by atoms with E-state index in [1.54, 1.807) is 23.5 Å². The van der Waals surface area contributed by atoms with E-state index >= 15 is 0 Å². The summed E-state index contributed by atoms with van der Waals surface area (Å²) in [5, 5.41) is 6.32. The minimum atomic E-state index is -0.488. The smallest absolute Gasteiger partial charge is 0.410 e. The molecule has 1 fully saturated rings. The number of hydrogen-bond donors (Lipinski definition) is 1. The average Bonchev–Trinajstić information content (AvgIpc) is 3.33. The number of hydrogen-bond acceptors (Lipinski definition) is 4. The minimum Gasteiger partial charge on any atom is -0.410 e. The number of carbonyl (C=O) groups excluding carboxylic acids is 1. The third kappa shape index (κ3) is 3.97. The van der Waals surface area contributed by atoms with Gasteiger partial charge in [0.25, 0.3) is 0 Å². The van der Waals surface area contributed by atoms with Crippen LogP contribution < -0.4 is 10.1 Å². The van der Waals surface area contributed by atoms with E-state index in [9.17, 15) is 4.79 Å². The van der Waals surface area contributed by atoms with Crippen LogP contribution in [-0.2, 0) is 0 Å². The van der Waals surface area contributed by atoms with Crippen LogP contribution in [-0.4, -0.2) is 30.1 Å². The van der Waals surface area contributed by atoms with Gasteiger partial charge in [0, 0.05) is 32.8 Å². The number of thiophene rings is 1. The van der Waals surface area contributed by atoms with E-state index in [0.717, 1.165) is 23.1 Å². The van der Waals surface area contributed by atoms with Crippen molar-refractivity contribution in [3.63, 3.8) is 0 Å². The van der Waals surface area contributed by atoms with Crippen molar-refractivity contribution in [2.75, 3.05) is 18.4 Å². The molecule has 0 radical (unpaired) electrons. The number of anilines is 1. The first-order valence-corrected chi connectivity index (χ1v) is 11.5. The molecular weight excluding hydrogens is 448 g/mol. The van der Waals surface area contributed by atoms with Crippen LogP contribution in [0.4, 0.5) is 10.5 Å². The average molecular weight is 469 g/mol. The first-order valence-electron chi connectivity index (χ1n) is 9.85. The van der Waals surface area contributed by atoms with Crippen LogP contribution in [0, 0.1) is 0 Å². The molecule has 29 heavy (non-hydrogen) atoms. The Labute approximate surface area is 182 Å². The highest BCUT2D eigenvalue weighted by Gasteiger charge is 2.28. The third-order valence-electron chi connectivity index (χ3n) is 5.70. The van der Waals surface area contributed by atoms with Gasteiger partial charge >= 0.3 is 6.09 Å². The first-order chi connectivity index (χ1) is 14.2. The molecule has 0 bridgehead atoms. The second-order valence-electron chi connectivity index (χ2n) is 7.56. The zero-order chi connectivity index (χ0) is 19.8. The van der Waals surface area contributed by atoms with Gasteiger partial charge in [-0.05, 0) is 78.7 Å². The molecule has 6 heteroatoms. The quantitative estimate of drug-likeness (QED) is 0.475. The second kappa shape index (κ2) is 7.94. The van der Waals surface area contributed by atoms with Gasteiger partial charge in [-0.15, -0.1) is 11.3 Å². The molecule has 1 saturated heterocycles. The van der Waals surface area contributed by atoms with Crippen molar-refractivity contribution >= 4 is 54.7 Å². The summed E-state index contributed by atoms with van der Waals surface area (Å²) >= 11 is 5.15. The van der Waals surface area contributed by atoms with Crippen molar-refractivity contribution in [1.29, 1.82) is 0 Å². The molecule has 3 heterocycles. The van der Waals surface area contributed by atoms with Gasteiger partial charge in [-0.3, -0.25) is 10.2 Å². The van der Waals surface area contributed by atoms with Crippen LogP contribution in [0.5, 0.6) is 5.75 Å². The molecule has 1 unspecified atom stereocenters. The summed E-state index contributed by atoms with van der Waals surface area (Å²) in [7, 11) is 0. The summed E-state index contributed by atoms with van der Waals surface area (Å²) < 4.78 is 7.50. The van der Waals surface area contributed by atoms with Crippen molar-refractivity contribution in [2.24, 2.45) is 0 Å². The fraction of sp³-hybridized carbons (Fsp3) is 0.261. The largest absolute Gasteiger partial charge is 0.417 e. The van der Waals surface area contributed by atoms with Gasteiger partial charge in [0.2, 0.25) is 0 Å². The lowest BCUT2D eigenvalue weighted by Crippen LogP contribution is -2.32.